The lowest BCUT2D eigenvalue weighted by Crippen LogP contribution is -2.36. The minimum atomic E-state index is -2.91. The molecule has 0 unspecified atom stereocenters. The molecule has 2 fully saturated rings. The van der Waals surface area contributed by atoms with Crippen molar-refractivity contribution in [1.29, 1.82) is 0 Å². The molecule has 1 atom stereocenters. The maximum absolute atomic E-state index is 15.0. The molecule has 2 heterocycles. The standard InChI is InChI=1S/C23H26F2N3O5P/c1-16(29)26-13-19-14-28(23(30)33-19)18-11-20(24)22(21(25)12-18)27-7-9-34(31,10-8-27)32-15-17-5-3-2-4-6-17/h2-6,11-12,19H,7-10,13-15H2,1H3,(H,26,29)/t19-/m0/s1. The summed E-state index contributed by atoms with van der Waals surface area (Å²) in [5.74, 6) is -1.92. The molecule has 182 valence electrons. The van der Waals surface area contributed by atoms with Crippen LogP contribution in [0.4, 0.5) is 25.0 Å². The van der Waals surface area contributed by atoms with E-state index in [9.17, 15) is 22.9 Å². The third-order valence-corrected chi connectivity index (χ3v) is 8.18. The number of amides is 2. The normalized spacial score (nSPS) is 19.7. The van der Waals surface area contributed by atoms with Crippen LogP contribution < -0.4 is 15.1 Å². The van der Waals surface area contributed by atoms with Crippen LogP contribution in [0.15, 0.2) is 42.5 Å². The molecule has 0 aromatic heterocycles. The molecule has 34 heavy (non-hydrogen) atoms. The van der Waals surface area contributed by atoms with Gasteiger partial charge in [0.05, 0.1) is 25.4 Å². The van der Waals surface area contributed by atoms with Crippen LogP contribution in [0.1, 0.15) is 12.5 Å². The molecule has 2 aliphatic rings. The van der Waals surface area contributed by atoms with Crippen molar-refractivity contribution in [2.75, 3.05) is 48.3 Å². The van der Waals surface area contributed by atoms with Gasteiger partial charge < -0.3 is 19.5 Å². The van der Waals surface area contributed by atoms with Crippen LogP contribution in [0.3, 0.4) is 0 Å². The molecule has 2 saturated heterocycles. The number of cyclic esters (lactones) is 1. The number of carbonyl (C=O) groups is 2. The number of ether oxygens (including phenoxy) is 1. The van der Waals surface area contributed by atoms with E-state index in [2.05, 4.69) is 5.32 Å². The SMILES string of the molecule is CC(=O)NC[C@H]1CN(c2cc(F)c(N3CCP(=O)(OCc4ccccc4)CC3)c(F)c2)C(=O)O1. The second kappa shape index (κ2) is 10.1. The van der Waals surface area contributed by atoms with Gasteiger partial charge in [0.1, 0.15) is 11.8 Å². The van der Waals surface area contributed by atoms with E-state index in [-0.39, 0.29) is 62.4 Å². The summed E-state index contributed by atoms with van der Waals surface area (Å²) in [7, 11) is -2.91. The minimum Gasteiger partial charge on any atom is -0.442 e. The molecule has 2 aliphatic heterocycles. The summed E-state index contributed by atoms with van der Waals surface area (Å²) in [4.78, 5) is 25.9. The Morgan fingerprint density at radius 1 is 1.18 bits per heavy atom. The van der Waals surface area contributed by atoms with Gasteiger partial charge in [0.25, 0.3) is 0 Å². The Kier molecular flexibility index (Phi) is 7.19. The highest BCUT2D eigenvalue weighted by molar-refractivity contribution is 7.59. The second-order valence-electron chi connectivity index (χ2n) is 8.32. The van der Waals surface area contributed by atoms with Crippen molar-refractivity contribution in [3.63, 3.8) is 0 Å². The topological polar surface area (TPSA) is 88.2 Å². The molecule has 0 saturated carbocycles. The first kappa shape index (κ1) is 24.2. The molecule has 8 nitrogen and oxygen atoms in total. The fourth-order valence-electron chi connectivity index (χ4n) is 4.00. The van der Waals surface area contributed by atoms with Crippen molar-refractivity contribution in [3.8, 4) is 0 Å². The molecule has 11 heteroatoms. The van der Waals surface area contributed by atoms with Gasteiger partial charge in [0.2, 0.25) is 13.3 Å². The first-order valence-corrected chi connectivity index (χ1v) is 13.0. The molecular formula is C23H26F2N3O5P. The summed E-state index contributed by atoms with van der Waals surface area (Å²) in [5.41, 5.74) is 0.718. The van der Waals surface area contributed by atoms with Crippen LogP contribution in [-0.4, -0.2) is 56.6 Å². The van der Waals surface area contributed by atoms with Crippen molar-refractivity contribution < 1.29 is 32.2 Å². The van der Waals surface area contributed by atoms with Crippen LogP contribution in [0, 0.1) is 11.6 Å². The lowest BCUT2D eigenvalue weighted by molar-refractivity contribution is -0.119. The molecule has 0 spiro atoms. The Morgan fingerprint density at radius 2 is 1.82 bits per heavy atom. The van der Waals surface area contributed by atoms with Gasteiger partial charge in [-0.25, -0.2) is 13.6 Å². The third-order valence-electron chi connectivity index (χ3n) is 5.81. The van der Waals surface area contributed by atoms with E-state index >= 15 is 0 Å². The van der Waals surface area contributed by atoms with Gasteiger partial charge in [-0.05, 0) is 5.56 Å². The van der Waals surface area contributed by atoms with Crippen molar-refractivity contribution in [2.45, 2.75) is 19.6 Å². The van der Waals surface area contributed by atoms with E-state index in [0.717, 1.165) is 22.6 Å². The number of benzene rings is 2. The highest BCUT2D eigenvalue weighted by Gasteiger charge is 2.35. The molecule has 0 aliphatic carbocycles. The zero-order valence-electron chi connectivity index (χ0n) is 18.7. The number of carbonyl (C=O) groups excluding carboxylic acids is 2. The Labute approximate surface area is 196 Å². The van der Waals surface area contributed by atoms with Crippen LogP contribution in [-0.2, 0) is 25.2 Å². The summed E-state index contributed by atoms with van der Waals surface area (Å²) in [6, 6.07) is 11.6. The number of hydrogen-bond acceptors (Lipinski definition) is 6. The fourth-order valence-corrected chi connectivity index (χ4v) is 5.95. The van der Waals surface area contributed by atoms with E-state index in [0.29, 0.717) is 0 Å². The zero-order chi connectivity index (χ0) is 24.3. The highest BCUT2D eigenvalue weighted by Crippen LogP contribution is 2.50. The highest BCUT2D eigenvalue weighted by atomic mass is 31.2. The zero-order valence-corrected chi connectivity index (χ0v) is 19.6. The monoisotopic (exact) mass is 493 g/mol. The molecular weight excluding hydrogens is 467 g/mol. The van der Waals surface area contributed by atoms with Gasteiger partial charge in [0, 0.05) is 44.5 Å². The van der Waals surface area contributed by atoms with Crippen molar-refractivity contribution in [1.82, 2.24) is 5.32 Å². The van der Waals surface area contributed by atoms with E-state index in [4.69, 9.17) is 9.26 Å². The third kappa shape index (κ3) is 5.56. The second-order valence-corrected chi connectivity index (χ2v) is 11.1. The Balaban J connectivity index is 1.39. The van der Waals surface area contributed by atoms with Gasteiger partial charge in [-0.2, -0.15) is 0 Å². The largest absolute Gasteiger partial charge is 0.442 e. The average molecular weight is 493 g/mol. The lowest BCUT2D eigenvalue weighted by atomic mass is 10.2. The van der Waals surface area contributed by atoms with Crippen LogP contribution in [0.25, 0.3) is 0 Å². The summed E-state index contributed by atoms with van der Waals surface area (Å²) < 4.78 is 53.8. The van der Waals surface area contributed by atoms with Crippen LogP contribution in [0.5, 0.6) is 0 Å². The maximum atomic E-state index is 15.0. The molecule has 2 amide bonds. The average Bonchev–Trinajstić information content (AvgIpc) is 3.18. The summed E-state index contributed by atoms with van der Waals surface area (Å²) >= 11 is 0. The molecule has 0 radical (unpaired) electrons. The number of nitrogens with zero attached hydrogens (tertiary/aromatic N) is 2. The van der Waals surface area contributed by atoms with Crippen molar-refractivity contribution in [3.05, 3.63) is 59.7 Å². The molecule has 1 N–H and O–H groups in total. The van der Waals surface area contributed by atoms with Gasteiger partial charge in [-0.3, -0.25) is 14.3 Å². The van der Waals surface area contributed by atoms with Gasteiger partial charge in [-0.1, -0.05) is 30.3 Å². The first-order chi connectivity index (χ1) is 16.2. The summed E-state index contributed by atoms with van der Waals surface area (Å²) in [6.07, 6.45) is -0.987. The van der Waals surface area contributed by atoms with Crippen molar-refractivity contribution >= 4 is 30.7 Å². The van der Waals surface area contributed by atoms with E-state index in [1.54, 1.807) is 0 Å². The number of nitrogens with one attached hydrogen (secondary N) is 1. The molecule has 2 aromatic rings. The lowest BCUT2D eigenvalue weighted by Gasteiger charge is -2.34. The molecule has 0 bridgehead atoms. The minimum absolute atomic E-state index is 0.0305. The van der Waals surface area contributed by atoms with E-state index in [1.165, 1.54) is 11.8 Å². The van der Waals surface area contributed by atoms with Gasteiger partial charge >= 0.3 is 6.09 Å². The number of halogens is 2. The van der Waals surface area contributed by atoms with E-state index in [1.807, 2.05) is 30.3 Å². The molecule has 2 aromatic carbocycles. The predicted molar refractivity (Wildman–Crippen MR) is 123 cm³/mol. The fraction of sp³-hybridized carbons (Fsp3) is 0.391. The Bertz CT molecular complexity index is 1080. The quantitative estimate of drug-likeness (QED) is 0.592. The molecule has 4 rings (SSSR count). The first-order valence-electron chi connectivity index (χ1n) is 11.0. The number of rotatable bonds is 7. The van der Waals surface area contributed by atoms with Gasteiger partial charge in [0.15, 0.2) is 11.6 Å². The van der Waals surface area contributed by atoms with Crippen LogP contribution in [0.2, 0.25) is 0 Å². The Hall–Kier alpha value is -2.97. The summed E-state index contributed by atoms with van der Waals surface area (Å²) in [5, 5.41) is 2.55. The maximum Gasteiger partial charge on any atom is 0.414 e. The van der Waals surface area contributed by atoms with E-state index < -0.39 is 31.2 Å². The number of hydrogen-bond donors (Lipinski definition) is 1. The van der Waals surface area contributed by atoms with Gasteiger partial charge in [-0.15, -0.1) is 0 Å². The summed E-state index contributed by atoms with van der Waals surface area (Å²) in [6.45, 7) is 2.11. The smallest absolute Gasteiger partial charge is 0.414 e. The van der Waals surface area contributed by atoms with Crippen molar-refractivity contribution in [2.24, 2.45) is 0 Å². The predicted octanol–water partition coefficient (Wildman–Crippen LogP) is 3.74. The Morgan fingerprint density at radius 3 is 2.44 bits per heavy atom. The number of anilines is 2. The van der Waals surface area contributed by atoms with Crippen LogP contribution >= 0.6 is 7.37 Å².